The average molecular weight is 425 g/mol. The van der Waals surface area contributed by atoms with Crippen LogP contribution in [0.3, 0.4) is 0 Å². The van der Waals surface area contributed by atoms with Crippen molar-refractivity contribution in [2.75, 3.05) is 10.6 Å². The first-order chi connectivity index (χ1) is 13.0. The Morgan fingerprint density at radius 3 is 2.56 bits per heavy atom. The fourth-order valence-corrected chi connectivity index (χ4v) is 2.86. The van der Waals surface area contributed by atoms with E-state index >= 15 is 0 Å². The van der Waals surface area contributed by atoms with E-state index in [-0.39, 0.29) is 20.9 Å². The van der Waals surface area contributed by atoms with Crippen molar-refractivity contribution >= 4 is 57.9 Å². The Morgan fingerprint density at radius 2 is 1.81 bits per heavy atom. The molecule has 136 valence electrons. The Kier molecular flexibility index (Phi) is 4.52. The highest BCUT2D eigenvalue weighted by Crippen LogP contribution is 2.26. The minimum atomic E-state index is -0.566. The minimum absolute atomic E-state index is 0.198. The van der Waals surface area contributed by atoms with E-state index < -0.39 is 6.03 Å². The lowest BCUT2D eigenvalue weighted by molar-refractivity contribution is 0.262. The molecule has 0 radical (unpaired) electrons. The number of nitrogens with one attached hydrogen (secondary N) is 2. The van der Waals surface area contributed by atoms with Crippen LogP contribution in [0, 0.1) is 0 Å². The smallest absolute Gasteiger partial charge is 0.306 e. The Hall–Kier alpha value is -2.95. The Balaban J connectivity index is 1.51. The molecule has 2 amide bonds. The SMILES string of the molecule is O=C(Nc1cnc(-n2nccn2)c(Cl)c1)Nc1cnn2cc(Cl)nc2c1Cl. The van der Waals surface area contributed by atoms with Crippen LogP contribution in [0.2, 0.25) is 15.2 Å². The number of nitrogens with zero attached hydrogens (tertiary/aromatic N) is 7. The van der Waals surface area contributed by atoms with Crippen molar-refractivity contribution in [3.8, 4) is 5.82 Å². The van der Waals surface area contributed by atoms with Crippen LogP contribution in [0.5, 0.6) is 0 Å². The second-order valence-electron chi connectivity index (χ2n) is 5.13. The molecule has 0 aliphatic carbocycles. The first-order valence-electron chi connectivity index (χ1n) is 7.31. The summed E-state index contributed by atoms with van der Waals surface area (Å²) >= 11 is 18.2. The summed E-state index contributed by atoms with van der Waals surface area (Å²) in [5, 5.41) is 17.8. The lowest BCUT2D eigenvalue weighted by Gasteiger charge is -2.10. The van der Waals surface area contributed by atoms with Crippen LogP contribution in [0.25, 0.3) is 11.5 Å². The molecule has 0 spiro atoms. The molecule has 4 aromatic heterocycles. The number of carbonyl (C=O) groups excluding carboxylic acids is 1. The first kappa shape index (κ1) is 17.5. The molecular weight excluding hydrogens is 417 g/mol. The van der Waals surface area contributed by atoms with E-state index in [4.69, 9.17) is 34.8 Å². The molecule has 10 nitrogen and oxygen atoms in total. The van der Waals surface area contributed by atoms with E-state index in [1.807, 2.05) is 0 Å². The van der Waals surface area contributed by atoms with Crippen LogP contribution in [0.4, 0.5) is 16.2 Å². The Morgan fingerprint density at radius 1 is 1.04 bits per heavy atom. The van der Waals surface area contributed by atoms with Crippen LogP contribution in [0.1, 0.15) is 0 Å². The van der Waals surface area contributed by atoms with Crippen LogP contribution in [-0.4, -0.2) is 40.6 Å². The van der Waals surface area contributed by atoms with Crippen molar-refractivity contribution in [3.63, 3.8) is 0 Å². The maximum absolute atomic E-state index is 12.2. The zero-order valence-electron chi connectivity index (χ0n) is 13.1. The number of rotatable bonds is 3. The molecule has 13 heteroatoms. The molecule has 0 saturated heterocycles. The van der Waals surface area contributed by atoms with Gasteiger partial charge in [-0.25, -0.2) is 19.3 Å². The quantitative estimate of drug-likeness (QED) is 0.521. The lowest BCUT2D eigenvalue weighted by atomic mass is 10.4. The topological polar surface area (TPSA) is 115 Å². The number of imidazole rings is 1. The Labute approximate surface area is 166 Å². The second-order valence-corrected chi connectivity index (χ2v) is 6.30. The van der Waals surface area contributed by atoms with Gasteiger partial charge in [0.05, 0.1) is 47.4 Å². The van der Waals surface area contributed by atoms with Gasteiger partial charge in [-0.3, -0.25) is 0 Å². The molecule has 0 unspecified atom stereocenters. The molecule has 2 N–H and O–H groups in total. The van der Waals surface area contributed by atoms with Gasteiger partial charge in [-0.15, -0.1) is 4.80 Å². The van der Waals surface area contributed by atoms with Gasteiger partial charge in [-0.05, 0) is 6.07 Å². The first-order valence-corrected chi connectivity index (χ1v) is 8.44. The summed E-state index contributed by atoms with van der Waals surface area (Å²) in [5.74, 6) is 0.335. The van der Waals surface area contributed by atoms with Gasteiger partial charge in [0.15, 0.2) is 11.5 Å². The zero-order chi connectivity index (χ0) is 19.0. The second kappa shape index (κ2) is 6.99. The number of carbonyl (C=O) groups is 1. The monoisotopic (exact) mass is 423 g/mol. The molecule has 27 heavy (non-hydrogen) atoms. The summed E-state index contributed by atoms with van der Waals surface area (Å²) in [4.78, 5) is 21.7. The van der Waals surface area contributed by atoms with Gasteiger partial charge in [0.2, 0.25) is 0 Å². The van der Waals surface area contributed by atoms with Gasteiger partial charge in [-0.1, -0.05) is 34.8 Å². The van der Waals surface area contributed by atoms with Crippen molar-refractivity contribution in [2.24, 2.45) is 0 Å². The van der Waals surface area contributed by atoms with E-state index in [2.05, 4.69) is 35.9 Å². The fraction of sp³-hybridized carbons (Fsp3) is 0. The van der Waals surface area contributed by atoms with E-state index in [9.17, 15) is 4.79 Å². The summed E-state index contributed by atoms with van der Waals surface area (Å²) < 4.78 is 1.40. The maximum atomic E-state index is 12.2. The number of hydrogen-bond donors (Lipinski definition) is 2. The standard InChI is InChI=1S/C14H8Cl3N9O/c15-8-3-7(4-18-12(8)26-19-1-2-20-26)22-14(27)23-9-5-21-25-6-10(16)24-13(25)11(9)17/h1-6H,(H2,22,23,27). The number of urea groups is 1. The van der Waals surface area contributed by atoms with E-state index in [0.29, 0.717) is 17.2 Å². The van der Waals surface area contributed by atoms with Gasteiger partial charge in [0.1, 0.15) is 10.2 Å². The van der Waals surface area contributed by atoms with Gasteiger partial charge >= 0.3 is 6.03 Å². The highest BCUT2D eigenvalue weighted by atomic mass is 35.5. The van der Waals surface area contributed by atoms with Crippen LogP contribution >= 0.6 is 34.8 Å². The minimum Gasteiger partial charge on any atom is -0.306 e. The molecule has 4 rings (SSSR count). The molecule has 4 heterocycles. The molecule has 0 aliphatic heterocycles. The summed E-state index contributed by atoms with van der Waals surface area (Å²) in [6, 6.07) is 0.952. The van der Waals surface area contributed by atoms with Crippen LogP contribution in [0.15, 0.2) is 37.1 Å². The summed E-state index contributed by atoms with van der Waals surface area (Å²) in [7, 11) is 0. The van der Waals surface area contributed by atoms with Crippen molar-refractivity contribution in [1.29, 1.82) is 0 Å². The highest BCUT2D eigenvalue weighted by Gasteiger charge is 2.14. The maximum Gasteiger partial charge on any atom is 0.323 e. The molecule has 4 aromatic rings. The number of fused-ring (bicyclic) bond motifs is 1. The third-order valence-corrected chi connectivity index (χ3v) is 4.17. The number of halogens is 3. The van der Waals surface area contributed by atoms with Crippen LogP contribution in [-0.2, 0) is 0 Å². The van der Waals surface area contributed by atoms with E-state index in [0.717, 1.165) is 0 Å². The van der Waals surface area contributed by atoms with Gasteiger partial charge < -0.3 is 10.6 Å². The number of anilines is 2. The number of aromatic nitrogens is 7. The molecular formula is C14H8Cl3N9O. The molecule has 0 aromatic carbocycles. The average Bonchev–Trinajstić information content (AvgIpc) is 3.27. The largest absolute Gasteiger partial charge is 0.323 e. The van der Waals surface area contributed by atoms with E-state index in [1.54, 1.807) is 0 Å². The fourth-order valence-electron chi connectivity index (χ4n) is 2.22. The normalized spacial score (nSPS) is 10.9. The van der Waals surface area contributed by atoms with Crippen molar-refractivity contribution in [3.05, 3.63) is 52.2 Å². The van der Waals surface area contributed by atoms with E-state index in [1.165, 1.54) is 46.4 Å². The number of pyridine rings is 1. The van der Waals surface area contributed by atoms with Gasteiger partial charge in [-0.2, -0.15) is 15.3 Å². The molecule has 0 fully saturated rings. The predicted octanol–water partition coefficient (Wildman–Crippen LogP) is 3.31. The lowest BCUT2D eigenvalue weighted by Crippen LogP contribution is -2.20. The highest BCUT2D eigenvalue weighted by molar-refractivity contribution is 6.37. The van der Waals surface area contributed by atoms with Gasteiger partial charge in [0, 0.05) is 0 Å². The van der Waals surface area contributed by atoms with Crippen molar-refractivity contribution in [2.45, 2.75) is 0 Å². The predicted molar refractivity (Wildman–Crippen MR) is 99.8 cm³/mol. The van der Waals surface area contributed by atoms with Crippen LogP contribution < -0.4 is 10.6 Å². The molecule has 0 atom stereocenters. The number of amides is 2. The molecule has 0 aliphatic rings. The van der Waals surface area contributed by atoms with Crippen molar-refractivity contribution < 1.29 is 4.79 Å². The number of hydrogen-bond acceptors (Lipinski definition) is 6. The third kappa shape index (κ3) is 3.50. The molecule has 0 bridgehead atoms. The summed E-state index contributed by atoms with van der Waals surface area (Å²) in [6.45, 7) is 0. The summed E-state index contributed by atoms with van der Waals surface area (Å²) in [5.41, 5.74) is 0.947. The van der Waals surface area contributed by atoms with Crippen molar-refractivity contribution in [1.82, 2.24) is 34.6 Å². The summed E-state index contributed by atoms with van der Waals surface area (Å²) in [6.07, 6.45) is 7.29. The Bertz CT molecular complexity index is 1140. The van der Waals surface area contributed by atoms with Gasteiger partial charge in [0.25, 0.3) is 0 Å². The zero-order valence-corrected chi connectivity index (χ0v) is 15.4. The molecule has 0 saturated carbocycles. The third-order valence-electron chi connectivity index (χ3n) is 3.34.